The van der Waals surface area contributed by atoms with Crippen molar-refractivity contribution in [3.05, 3.63) is 47.0 Å². The lowest BCUT2D eigenvalue weighted by atomic mass is 10.0. The average Bonchev–Trinajstić information content (AvgIpc) is 3.20. The van der Waals surface area contributed by atoms with Gasteiger partial charge in [-0.05, 0) is 62.4 Å². The number of nitrogens with zero attached hydrogens (tertiary/aromatic N) is 3. The molecule has 2 heterocycles. The maximum atomic E-state index is 13.9. The molecule has 1 fully saturated rings. The summed E-state index contributed by atoms with van der Waals surface area (Å²) in [5.74, 6) is 0.273. The van der Waals surface area contributed by atoms with Gasteiger partial charge in [0.25, 0.3) is 5.91 Å². The SMILES string of the molecule is CCC(CC)c1ccn(C2CCN(c3cc(C)c(F)c(C)c3)C2=O)n1. The van der Waals surface area contributed by atoms with Crippen molar-refractivity contribution in [2.75, 3.05) is 11.4 Å². The predicted octanol–water partition coefficient (Wildman–Crippen LogP) is 4.52. The van der Waals surface area contributed by atoms with Crippen LogP contribution in [0.4, 0.5) is 10.1 Å². The highest BCUT2D eigenvalue weighted by atomic mass is 19.1. The van der Waals surface area contributed by atoms with Crippen molar-refractivity contribution in [2.45, 2.75) is 58.9 Å². The smallest absolute Gasteiger partial charge is 0.251 e. The van der Waals surface area contributed by atoms with Gasteiger partial charge < -0.3 is 4.90 Å². The molecule has 4 nitrogen and oxygen atoms in total. The van der Waals surface area contributed by atoms with Crippen LogP contribution in [0.2, 0.25) is 0 Å². The number of halogens is 1. The van der Waals surface area contributed by atoms with Crippen LogP contribution in [0, 0.1) is 19.7 Å². The molecule has 1 atom stereocenters. The standard InChI is InChI=1S/C20H26FN3O/c1-5-15(6-2)17-7-10-24(22-17)18-8-9-23(20(18)25)16-11-13(3)19(21)14(4)12-16/h7,10-12,15,18H,5-6,8-9H2,1-4H3. The van der Waals surface area contributed by atoms with Gasteiger partial charge in [0.05, 0.1) is 5.69 Å². The zero-order valence-electron chi connectivity index (χ0n) is 15.4. The summed E-state index contributed by atoms with van der Waals surface area (Å²) in [6.45, 7) is 8.43. The summed E-state index contributed by atoms with van der Waals surface area (Å²) in [5, 5.41) is 4.67. The largest absolute Gasteiger partial charge is 0.310 e. The number of hydrogen-bond acceptors (Lipinski definition) is 2. The first-order chi connectivity index (χ1) is 12.0. The van der Waals surface area contributed by atoms with Gasteiger partial charge in [-0.2, -0.15) is 5.10 Å². The van der Waals surface area contributed by atoms with E-state index in [0.29, 0.717) is 23.6 Å². The summed E-state index contributed by atoms with van der Waals surface area (Å²) in [6.07, 6.45) is 4.73. The monoisotopic (exact) mass is 343 g/mol. The molecule has 25 heavy (non-hydrogen) atoms. The van der Waals surface area contributed by atoms with Crippen molar-refractivity contribution in [1.29, 1.82) is 0 Å². The number of benzene rings is 1. The average molecular weight is 343 g/mol. The van der Waals surface area contributed by atoms with Gasteiger partial charge in [-0.25, -0.2) is 4.39 Å². The van der Waals surface area contributed by atoms with E-state index in [1.165, 1.54) is 0 Å². The summed E-state index contributed by atoms with van der Waals surface area (Å²) in [7, 11) is 0. The van der Waals surface area contributed by atoms with Crippen molar-refractivity contribution in [3.63, 3.8) is 0 Å². The van der Waals surface area contributed by atoms with Gasteiger partial charge in [-0.3, -0.25) is 9.48 Å². The normalized spacial score (nSPS) is 17.8. The Morgan fingerprint density at radius 3 is 2.48 bits per heavy atom. The third kappa shape index (κ3) is 3.20. The topological polar surface area (TPSA) is 38.1 Å². The van der Waals surface area contributed by atoms with Gasteiger partial charge in [-0.1, -0.05) is 13.8 Å². The molecular formula is C20H26FN3O. The molecule has 5 heteroatoms. The van der Waals surface area contributed by atoms with Crippen molar-refractivity contribution in [2.24, 2.45) is 0 Å². The first-order valence-electron chi connectivity index (χ1n) is 9.09. The Bertz CT molecular complexity index is 756. The molecule has 1 aromatic heterocycles. The van der Waals surface area contributed by atoms with E-state index >= 15 is 0 Å². The van der Waals surface area contributed by atoms with Crippen LogP contribution in [0.25, 0.3) is 0 Å². The molecule has 0 saturated carbocycles. The lowest BCUT2D eigenvalue weighted by Crippen LogP contribution is -2.28. The zero-order chi connectivity index (χ0) is 18.1. The van der Waals surface area contributed by atoms with E-state index in [4.69, 9.17) is 0 Å². The van der Waals surface area contributed by atoms with Crippen LogP contribution in [0.3, 0.4) is 0 Å². The molecule has 0 N–H and O–H groups in total. The van der Waals surface area contributed by atoms with Gasteiger partial charge in [0.2, 0.25) is 0 Å². The molecular weight excluding hydrogens is 317 g/mol. The molecule has 2 aromatic rings. The molecule has 0 radical (unpaired) electrons. The molecule has 0 spiro atoms. The van der Waals surface area contributed by atoms with Crippen LogP contribution in [-0.2, 0) is 4.79 Å². The second-order valence-electron chi connectivity index (χ2n) is 6.92. The highest BCUT2D eigenvalue weighted by Gasteiger charge is 2.35. The molecule has 134 valence electrons. The highest BCUT2D eigenvalue weighted by Crippen LogP contribution is 2.31. The maximum absolute atomic E-state index is 13.9. The fourth-order valence-corrected chi connectivity index (χ4v) is 3.70. The summed E-state index contributed by atoms with van der Waals surface area (Å²) in [4.78, 5) is 14.7. The summed E-state index contributed by atoms with van der Waals surface area (Å²) < 4.78 is 15.7. The molecule has 1 aliphatic heterocycles. The molecule has 0 bridgehead atoms. The second-order valence-corrected chi connectivity index (χ2v) is 6.92. The second kappa shape index (κ2) is 6.98. The predicted molar refractivity (Wildman–Crippen MR) is 97.4 cm³/mol. The van der Waals surface area contributed by atoms with Crippen LogP contribution in [-0.4, -0.2) is 22.2 Å². The van der Waals surface area contributed by atoms with Crippen molar-refractivity contribution >= 4 is 11.6 Å². The van der Waals surface area contributed by atoms with Gasteiger partial charge in [0.15, 0.2) is 0 Å². The van der Waals surface area contributed by atoms with E-state index in [9.17, 15) is 9.18 Å². The number of amides is 1. The number of carbonyl (C=O) groups is 1. The van der Waals surface area contributed by atoms with Crippen LogP contribution in [0.15, 0.2) is 24.4 Å². The summed E-state index contributed by atoms with van der Waals surface area (Å²) >= 11 is 0. The lowest BCUT2D eigenvalue weighted by Gasteiger charge is -2.19. The molecule has 1 amide bonds. The number of carbonyl (C=O) groups excluding carboxylic acids is 1. The third-order valence-electron chi connectivity index (χ3n) is 5.26. The summed E-state index contributed by atoms with van der Waals surface area (Å²) in [6, 6.07) is 5.26. The molecule has 1 unspecified atom stereocenters. The highest BCUT2D eigenvalue weighted by molar-refractivity contribution is 5.98. The van der Waals surface area contributed by atoms with Crippen LogP contribution < -0.4 is 4.90 Å². The first kappa shape index (κ1) is 17.6. The Morgan fingerprint density at radius 2 is 1.88 bits per heavy atom. The van der Waals surface area contributed by atoms with E-state index in [1.54, 1.807) is 35.6 Å². The molecule has 0 aliphatic carbocycles. The van der Waals surface area contributed by atoms with Crippen LogP contribution in [0.5, 0.6) is 0 Å². The number of rotatable bonds is 5. The number of hydrogen-bond donors (Lipinski definition) is 0. The Balaban J connectivity index is 1.83. The van der Waals surface area contributed by atoms with E-state index in [2.05, 4.69) is 18.9 Å². The first-order valence-corrected chi connectivity index (χ1v) is 9.09. The van der Waals surface area contributed by atoms with Crippen LogP contribution in [0.1, 0.15) is 61.9 Å². The van der Waals surface area contributed by atoms with E-state index in [-0.39, 0.29) is 17.8 Å². The number of anilines is 1. The number of aryl methyl sites for hydroxylation is 2. The zero-order valence-corrected chi connectivity index (χ0v) is 15.4. The fourth-order valence-electron chi connectivity index (χ4n) is 3.70. The Hall–Kier alpha value is -2.17. The van der Waals surface area contributed by atoms with Crippen molar-refractivity contribution < 1.29 is 9.18 Å². The Kier molecular flexibility index (Phi) is 4.93. The van der Waals surface area contributed by atoms with Crippen molar-refractivity contribution in [1.82, 2.24) is 9.78 Å². The van der Waals surface area contributed by atoms with Gasteiger partial charge in [-0.15, -0.1) is 0 Å². The third-order valence-corrected chi connectivity index (χ3v) is 5.26. The minimum absolute atomic E-state index is 0.0320. The number of aromatic nitrogens is 2. The van der Waals surface area contributed by atoms with E-state index < -0.39 is 0 Å². The fraction of sp³-hybridized carbons (Fsp3) is 0.500. The van der Waals surface area contributed by atoms with E-state index in [1.807, 2.05) is 12.3 Å². The van der Waals surface area contributed by atoms with Crippen LogP contribution >= 0.6 is 0 Å². The Labute approximate surface area is 148 Å². The molecule has 1 aromatic carbocycles. The van der Waals surface area contributed by atoms with Gasteiger partial charge >= 0.3 is 0 Å². The Morgan fingerprint density at radius 1 is 1.24 bits per heavy atom. The van der Waals surface area contributed by atoms with Gasteiger partial charge in [0.1, 0.15) is 11.9 Å². The van der Waals surface area contributed by atoms with Gasteiger partial charge in [0, 0.05) is 24.3 Å². The quantitative estimate of drug-likeness (QED) is 0.800. The molecule has 1 saturated heterocycles. The molecule has 1 aliphatic rings. The minimum atomic E-state index is -0.270. The summed E-state index contributed by atoms with van der Waals surface area (Å²) in [5.41, 5.74) is 2.98. The minimum Gasteiger partial charge on any atom is -0.310 e. The van der Waals surface area contributed by atoms with E-state index in [0.717, 1.165) is 30.6 Å². The van der Waals surface area contributed by atoms with Crippen molar-refractivity contribution in [3.8, 4) is 0 Å². The lowest BCUT2D eigenvalue weighted by molar-refractivity contribution is -0.120. The molecule has 3 rings (SSSR count). The maximum Gasteiger partial charge on any atom is 0.251 e.